The molecule has 1 aromatic rings. The SMILES string of the molecule is NC(CSc1ccccc1)C1CC1. The molecule has 1 atom stereocenters. The van der Waals surface area contributed by atoms with E-state index in [1.165, 1.54) is 17.7 Å². The van der Waals surface area contributed by atoms with Crippen molar-refractivity contribution < 1.29 is 0 Å². The Labute approximate surface area is 83.7 Å². The minimum absolute atomic E-state index is 0.408. The second-order valence-electron chi connectivity index (χ2n) is 3.63. The van der Waals surface area contributed by atoms with Crippen LogP contribution < -0.4 is 5.73 Å². The lowest BCUT2D eigenvalue weighted by atomic mass is 10.2. The maximum atomic E-state index is 6.01. The molecule has 13 heavy (non-hydrogen) atoms. The van der Waals surface area contributed by atoms with Crippen LogP contribution in [0.25, 0.3) is 0 Å². The van der Waals surface area contributed by atoms with Gasteiger partial charge in [-0.05, 0) is 30.9 Å². The molecule has 0 amide bonds. The lowest BCUT2D eigenvalue weighted by Gasteiger charge is -2.08. The summed E-state index contributed by atoms with van der Waals surface area (Å²) in [4.78, 5) is 1.33. The zero-order valence-corrected chi connectivity index (χ0v) is 8.46. The van der Waals surface area contributed by atoms with E-state index < -0.39 is 0 Å². The van der Waals surface area contributed by atoms with Crippen molar-refractivity contribution in [2.45, 2.75) is 23.8 Å². The molecule has 0 radical (unpaired) electrons. The minimum Gasteiger partial charge on any atom is -0.327 e. The third kappa shape index (κ3) is 2.75. The molecular weight excluding hydrogens is 178 g/mol. The van der Waals surface area contributed by atoms with E-state index in [2.05, 4.69) is 24.3 Å². The zero-order chi connectivity index (χ0) is 9.10. The van der Waals surface area contributed by atoms with Crippen LogP contribution in [0, 0.1) is 5.92 Å². The van der Waals surface area contributed by atoms with Gasteiger partial charge in [0.15, 0.2) is 0 Å². The lowest BCUT2D eigenvalue weighted by Crippen LogP contribution is -2.24. The van der Waals surface area contributed by atoms with Crippen molar-refractivity contribution in [2.24, 2.45) is 11.7 Å². The number of hydrogen-bond donors (Lipinski definition) is 1. The Morgan fingerprint density at radius 1 is 1.31 bits per heavy atom. The molecule has 1 aliphatic carbocycles. The van der Waals surface area contributed by atoms with Gasteiger partial charge in [-0.1, -0.05) is 18.2 Å². The Kier molecular flexibility index (Phi) is 2.91. The Hall–Kier alpha value is -0.470. The number of hydrogen-bond acceptors (Lipinski definition) is 2. The molecule has 2 heteroatoms. The van der Waals surface area contributed by atoms with Crippen LogP contribution in [0.3, 0.4) is 0 Å². The summed E-state index contributed by atoms with van der Waals surface area (Å²) in [6.07, 6.45) is 2.69. The summed E-state index contributed by atoms with van der Waals surface area (Å²) in [5, 5.41) is 0. The molecule has 0 aliphatic heterocycles. The topological polar surface area (TPSA) is 26.0 Å². The third-order valence-electron chi connectivity index (χ3n) is 2.41. The molecule has 0 spiro atoms. The predicted octanol–water partition coefficient (Wildman–Crippen LogP) is 2.52. The molecule has 0 aromatic heterocycles. The quantitative estimate of drug-likeness (QED) is 0.744. The monoisotopic (exact) mass is 193 g/mol. The van der Waals surface area contributed by atoms with Crippen LogP contribution >= 0.6 is 11.8 Å². The van der Waals surface area contributed by atoms with Gasteiger partial charge in [0, 0.05) is 16.7 Å². The van der Waals surface area contributed by atoms with E-state index >= 15 is 0 Å². The normalized spacial score (nSPS) is 18.5. The fraction of sp³-hybridized carbons (Fsp3) is 0.455. The van der Waals surface area contributed by atoms with E-state index in [0.29, 0.717) is 6.04 Å². The van der Waals surface area contributed by atoms with Crippen molar-refractivity contribution in [3.8, 4) is 0 Å². The van der Waals surface area contributed by atoms with E-state index in [9.17, 15) is 0 Å². The van der Waals surface area contributed by atoms with Gasteiger partial charge in [-0.25, -0.2) is 0 Å². The second-order valence-corrected chi connectivity index (χ2v) is 4.72. The molecular formula is C11H15NS. The summed E-state index contributed by atoms with van der Waals surface area (Å²) in [7, 11) is 0. The van der Waals surface area contributed by atoms with E-state index in [-0.39, 0.29) is 0 Å². The smallest absolute Gasteiger partial charge is 0.0162 e. The van der Waals surface area contributed by atoms with Crippen LogP contribution in [-0.2, 0) is 0 Å². The highest BCUT2D eigenvalue weighted by molar-refractivity contribution is 7.99. The second kappa shape index (κ2) is 4.16. The van der Waals surface area contributed by atoms with Crippen LogP contribution in [0.4, 0.5) is 0 Å². The molecule has 70 valence electrons. The van der Waals surface area contributed by atoms with Gasteiger partial charge in [-0.15, -0.1) is 11.8 Å². The molecule has 2 rings (SSSR count). The maximum absolute atomic E-state index is 6.01. The van der Waals surface area contributed by atoms with Crippen molar-refractivity contribution in [1.82, 2.24) is 0 Å². The molecule has 0 heterocycles. The number of rotatable bonds is 4. The first-order chi connectivity index (χ1) is 6.36. The van der Waals surface area contributed by atoms with Crippen molar-refractivity contribution >= 4 is 11.8 Å². The number of benzene rings is 1. The zero-order valence-electron chi connectivity index (χ0n) is 7.65. The Morgan fingerprint density at radius 3 is 2.62 bits per heavy atom. The van der Waals surface area contributed by atoms with E-state index in [0.717, 1.165) is 11.7 Å². The van der Waals surface area contributed by atoms with Gasteiger partial charge < -0.3 is 5.73 Å². The van der Waals surface area contributed by atoms with Crippen molar-refractivity contribution in [1.29, 1.82) is 0 Å². The van der Waals surface area contributed by atoms with Gasteiger partial charge in [-0.3, -0.25) is 0 Å². The largest absolute Gasteiger partial charge is 0.327 e. The van der Waals surface area contributed by atoms with Crippen LogP contribution in [0.2, 0.25) is 0 Å². The number of nitrogens with two attached hydrogens (primary N) is 1. The van der Waals surface area contributed by atoms with Crippen LogP contribution in [-0.4, -0.2) is 11.8 Å². The highest BCUT2D eigenvalue weighted by Gasteiger charge is 2.28. The highest BCUT2D eigenvalue weighted by Crippen LogP contribution is 2.33. The first-order valence-electron chi connectivity index (χ1n) is 4.79. The van der Waals surface area contributed by atoms with Crippen molar-refractivity contribution in [2.75, 3.05) is 5.75 Å². The summed E-state index contributed by atoms with van der Waals surface area (Å²) in [6, 6.07) is 10.9. The summed E-state index contributed by atoms with van der Waals surface area (Å²) in [5.41, 5.74) is 6.01. The number of thioether (sulfide) groups is 1. The standard InChI is InChI=1S/C11H15NS/c12-11(9-6-7-9)8-13-10-4-2-1-3-5-10/h1-5,9,11H,6-8,12H2. The Balaban J connectivity index is 1.78. The Morgan fingerprint density at radius 2 is 2.00 bits per heavy atom. The van der Waals surface area contributed by atoms with Crippen molar-refractivity contribution in [3.63, 3.8) is 0 Å². The minimum atomic E-state index is 0.408. The average Bonchev–Trinajstić information content (AvgIpc) is 2.99. The van der Waals surface area contributed by atoms with Crippen LogP contribution in [0.1, 0.15) is 12.8 Å². The van der Waals surface area contributed by atoms with Crippen molar-refractivity contribution in [3.05, 3.63) is 30.3 Å². The highest BCUT2D eigenvalue weighted by atomic mass is 32.2. The molecule has 1 fully saturated rings. The molecule has 1 nitrogen and oxygen atoms in total. The average molecular weight is 193 g/mol. The first-order valence-corrected chi connectivity index (χ1v) is 5.78. The van der Waals surface area contributed by atoms with Gasteiger partial charge in [0.25, 0.3) is 0 Å². The van der Waals surface area contributed by atoms with Gasteiger partial charge in [0.2, 0.25) is 0 Å². The van der Waals surface area contributed by atoms with E-state index in [1.807, 2.05) is 17.8 Å². The molecule has 0 bridgehead atoms. The fourth-order valence-corrected chi connectivity index (χ4v) is 2.38. The summed E-state index contributed by atoms with van der Waals surface area (Å²) in [5.74, 6) is 1.88. The van der Waals surface area contributed by atoms with Crippen LogP contribution in [0.5, 0.6) is 0 Å². The summed E-state index contributed by atoms with van der Waals surface area (Å²) >= 11 is 1.87. The summed E-state index contributed by atoms with van der Waals surface area (Å²) < 4.78 is 0. The van der Waals surface area contributed by atoms with Gasteiger partial charge in [-0.2, -0.15) is 0 Å². The first kappa shape index (κ1) is 9.10. The molecule has 1 aliphatic rings. The molecule has 0 saturated heterocycles. The molecule has 2 N–H and O–H groups in total. The fourth-order valence-electron chi connectivity index (χ4n) is 1.37. The molecule has 1 aromatic carbocycles. The molecule has 1 unspecified atom stereocenters. The Bertz CT molecular complexity index is 256. The van der Waals surface area contributed by atoms with Gasteiger partial charge in [0.05, 0.1) is 0 Å². The molecule has 1 saturated carbocycles. The van der Waals surface area contributed by atoms with E-state index in [4.69, 9.17) is 5.73 Å². The predicted molar refractivity (Wildman–Crippen MR) is 57.9 cm³/mol. The van der Waals surface area contributed by atoms with Gasteiger partial charge >= 0.3 is 0 Å². The third-order valence-corrected chi connectivity index (χ3v) is 3.57. The summed E-state index contributed by atoms with van der Waals surface area (Å²) in [6.45, 7) is 0. The van der Waals surface area contributed by atoms with Crippen LogP contribution in [0.15, 0.2) is 35.2 Å². The van der Waals surface area contributed by atoms with Gasteiger partial charge in [0.1, 0.15) is 0 Å². The van der Waals surface area contributed by atoms with E-state index in [1.54, 1.807) is 0 Å². The lowest BCUT2D eigenvalue weighted by molar-refractivity contribution is 0.659. The maximum Gasteiger partial charge on any atom is 0.0162 e.